The quantitative estimate of drug-likeness (QED) is 0.500. The summed E-state index contributed by atoms with van der Waals surface area (Å²) in [7, 11) is 0. The third kappa shape index (κ3) is 6.26. The maximum absolute atomic E-state index is 12.9. The SMILES string of the molecule is O=C(CN(Cc1cccs1)C[C@H]1CCCO1)Nc1ccccc1C(=O)Nc1ccccc1. The minimum atomic E-state index is -0.262. The Bertz CT molecular complexity index is 1020. The van der Waals surface area contributed by atoms with Crippen LogP contribution in [0, 0.1) is 0 Å². The van der Waals surface area contributed by atoms with E-state index in [0.29, 0.717) is 30.0 Å². The number of carbonyl (C=O) groups is 2. The minimum Gasteiger partial charge on any atom is -0.377 e. The largest absolute Gasteiger partial charge is 0.377 e. The molecule has 1 aliphatic heterocycles. The first-order valence-corrected chi connectivity index (χ1v) is 11.7. The van der Waals surface area contributed by atoms with E-state index < -0.39 is 0 Å². The van der Waals surface area contributed by atoms with Gasteiger partial charge >= 0.3 is 0 Å². The second kappa shape index (κ2) is 11.0. The Labute approximate surface area is 192 Å². The van der Waals surface area contributed by atoms with Gasteiger partial charge in [0.1, 0.15) is 0 Å². The zero-order valence-corrected chi connectivity index (χ0v) is 18.6. The van der Waals surface area contributed by atoms with Crippen molar-refractivity contribution in [2.45, 2.75) is 25.5 Å². The Morgan fingerprint density at radius 3 is 2.56 bits per heavy atom. The van der Waals surface area contributed by atoms with Crippen LogP contribution in [0.5, 0.6) is 0 Å². The number of carbonyl (C=O) groups excluding carboxylic acids is 2. The highest BCUT2D eigenvalue weighted by atomic mass is 32.1. The lowest BCUT2D eigenvalue weighted by Crippen LogP contribution is -2.38. The molecular formula is C25H27N3O3S. The molecule has 2 N–H and O–H groups in total. The van der Waals surface area contributed by atoms with E-state index in [1.54, 1.807) is 29.5 Å². The summed E-state index contributed by atoms with van der Waals surface area (Å²) in [6.07, 6.45) is 2.24. The summed E-state index contributed by atoms with van der Waals surface area (Å²) in [6, 6.07) is 20.4. The van der Waals surface area contributed by atoms with Gasteiger partial charge in [-0.25, -0.2) is 0 Å². The van der Waals surface area contributed by atoms with Crippen LogP contribution in [0.1, 0.15) is 28.1 Å². The Balaban J connectivity index is 1.42. The van der Waals surface area contributed by atoms with Crippen LogP contribution in [0.4, 0.5) is 11.4 Å². The molecular weight excluding hydrogens is 422 g/mol. The van der Waals surface area contributed by atoms with Gasteiger partial charge in [0, 0.05) is 30.3 Å². The highest BCUT2D eigenvalue weighted by Gasteiger charge is 2.22. The molecule has 1 aromatic heterocycles. The lowest BCUT2D eigenvalue weighted by molar-refractivity contribution is -0.117. The summed E-state index contributed by atoms with van der Waals surface area (Å²) in [5.41, 5.74) is 1.63. The maximum Gasteiger partial charge on any atom is 0.257 e. The second-order valence-corrected chi connectivity index (χ2v) is 8.83. The fourth-order valence-corrected chi connectivity index (χ4v) is 4.53. The smallest absolute Gasteiger partial charge is 0.257 e. The van der Waals surface area contributed by atoms with Crippen molar-refractivity contribution in [2.24, 2.45) is 0 Å². The van der Waals surface area contributed by atoms with Crippen LogP contribution in [0.25, 0.3) is 0 Å². The number of rotatable bonds is 9. The zero-order valence-electron chi connectivity index (χ0n) is 17.8. The lowest BCUT2D eigenvalue weighted by Gasteiger charge is -2.24. The Morgan fingerprint density at radius 1 is 1.00 bits per heavy atom. The lowest BCUT2D eigenvalue weighted by atomic mass is 10.1. The highest BCUT2D eigenvalue weighted by Crippen LogP contribution is 2.19. The van der Waals surface area contributed by atoms with E-state index in [-0.39, 0.29) is 24.5 Å². The van der Waals surface area contributed by atoms with Gasteiger partial charge in [-0.15, -0.1) is 11.3 Å². The van der Waals surface area contributed by atoms with E-state index in [1.807, 2.05) is 47.8 Å². The average molecular weight is 450 g/mol. The molecule has 166 valence electrons. The molecule has 3 aromatic rings. The normalized spacial score (nSPS) is 15.6. The van der Waals surface area contributed by atoms with Crippen molar-refractivity contribution in [1.82, 2.24) is 4.90 Å². The summed E-state index contributed by atoms with van der Waals surface area (Å²) in [5.74, 6) is -0.415. The molecule has 2 heterocycles. The number of thiophene rings is 1. The van der Waals surface area contributed by atoms with E-state index in [1.165, 1.54) is 4.88 Å². The monoisotopic (exact) mass is 449 g/mol. The predicted octanol–water partition coefficient (Wildman–Crippen LogP) is 4.62. The number of nitrogens with one attached hydrogen (secondary N) is 2. The van der Waals surface area contributed by atoms with E-state index >= 15 is 0 Å². The van der Waals surface area contributed by atoms with Crippen LogP contribution in [0.2, 0.25) is 0 Å². The fourth-order valence-electron chi connectivity index (χ4n) is 3.79. The fraction of sp³-hybridized carbons (Fsp3) is 0.280. The van der Waals surface area contributed by atoms with Crippen molar-refractivity contribution in [1.29, 1.82) is 0 Å². The molecule has 1 saturated heterocycles. The van der Waals surface area contributed by atoms with Crippen molar-refractivity contribution in [3.63, 3.8) is 0 Å². The molecule has 1 atom stereocenters. The van der Waals surface area contributed by atoms with E-state index in [2.05, 4.69) is 21.6 Å². The summed E-state index contributed by atoms with van der Waals surface area (Å²) in [4.78, 5) is 29.1. The number of benzene rings is 2. The van der Waals surface area contributed by atoms with Gasteiger partial charge in [0.25, 0.3) is 5.91 Å². The molecule has 0 saturated carbocycles. The van der Waals surface area contributed by atoms with Gasteiger partial charge in [-0.05, 0) is 48.6 Å². The van der Waals surface area contributed by atoms with Crippen LogP contribution in [0.3, 0.4) is 0 Å². The van der Waals surface area contributed by atoms with Crippen LogP contribution < -0.4 is 10.6 Å². The van der Waals surface area contributed by atoms with Crippen molar-refractivity contribution < 1.29 is 14.3 Å². The summed E-state index contributed by atoms with van der Waals surface area (Å²) in [5, 5.41) is 7.85. The number of amides is 2. The van der Waals surface area contributed by atoms with Gasteiger partial charge in [0.05, 0.1) is 23.9 Å². The second-order valence-electron chi connectivity index (χ2n) is 7.80. The van der Waals surface area contributed by atoms with E-state index in [4.69, 9.17) is 4.74 Å². The molecule has 32 heavy (non-hydrogen) atoms. The molecule has 2 aromatic carbocycles. The van der Waals surface area contributed by atoms with E-state index in [9.17, 15) is 9.59 Å². The number of anilines is 2. The molecule has 4 rings (SSSR count). The summed E-state index contributed by atoms with van der Waals surface area (Å²) >= 11 is 1.68. The molecule has 0 aliphatic carbocycles. The first-order chi connectivity index (χ1) is 15.7. The highest BCUT2D eigenvalue weighted by molar-refractivity contribution is 7.09. The topological polar surface area (TPSA) is 70.7 Å². The van der Waals surface area contributed by atoms with Crippen LogP contribution in [-0.4, -0.2) is 42.5 Å². The van der Waals surface area contributed by atoms with Crippen LogP contribution in [-0.2, 0) is 16.1 Å². The minimum absolute atomic E-state index is 0.153. The maximum atomic E-state index is 12.9. The number of ether oxygens (including phenoxy) is 1. The van der Waals surface area contributed by atoms with Crippen molar-refractivity contribution in [3.05, 3.63) is 82.6 Å². The third-order valence-electron chi connectivity index (χ3n) is 5.29. The van der Waals surface area contributed by atoms with Crippen molar-refractivity contribution in [2.75, 3.05) is 30.3 Å². The molecule has 1 fully saturated rings. The number of nitrogens with zero attached hydrogens (tertiary/aromatic N) is 1. The number of para-hydroxylation sites is 2. The molecule has 7 heteroatoms. The molecule has 0 bridgehead atoms. The van der Waals surface area contributed by atoms with Gasteiger partial charge in [0.2, 0.25) is 5.91 Å². The van der Waals surface area contributed by atoms with Gasteiger partial charge in [0.15, 0.2) is 0 Å². The Kier molecular flexibility index (Phi) is 7.66. The van der Waals surface area contributed by atoms with Gasteiger partial charge < -0.3 is 15.4 Å². The number of hydrogen-bond acceptors (Lipinski definition) is 5. The molecule has 0 unspecified atom stereocenters. The predicted molar refractivity (Wildman–Crippen MR) is 128 cm³/mol. The zero-order chi connectivity index (χ0) is 22.2. The summed E-state index contributed by atoms with van der Waals surface area (Å²) in [6.45, 7) is 2.42. The average Bonchev–Trinajstić information content (AvgIpc) is 3.49. The standard InChI is InChI=1S/C25H27N3O3S/c29-24(18-28(16-20-10-6-14-31-20)17-21-11-7-15-32-21)27-23-13-5-4-12-22(23)25(30)26-19-8-2-1-3-9-19/h1-5,7-9,11-13,15,20H,6,10,14,16-18H2,(H,26,30)(H,27,29)/t20-/m1/s1. The first kappa shape index (κ1) is 22.2. The molecule has 0 radical (unpaired) electrons. The molecule has 0 spiro atoms. The van der Waals surface area contributed by atoms with Crippen molar-refractivity contribution >= 4 is 34.5 Å². The number of hydrogen-bond donors (Lipinski definition) is 2. The molecule has 6 nitrogen and oxygen atoms in total. The van der Waals surface area contributed by atoms with Gasteiger partial charge in [-0.1, -0.05) is 36.4 Å². The van der Waals surface area contributed by atoms with Gasteiger partial charge in [-0.2, -0.15) is 0 Å². The summed E-state index contributed by atoms with van der Waals surface area (Å²) < 4.78 is 5.79. The van der Waals surface area contributed by atoms with Crippen LogP contribution >= 0.6 is 11.3 Å². The van der Waals surface area contributed by atoms with Crippen LogP contribution in [0.15, 0.2) is 72.1 Å². The van der Waals surface area contributed by atoms with Gasteiger partial charge in [-0.3, -0.25) is 14.5 Å². The molecule has 2 amide bonds. The Morgan fingerprint density at radius 2 is 1.81 bits per heavy atom. The first-order valence-electron chi connectivity index (χ1n) is 10.8. The van der Waals surface area contributed by atoms with E-state index in [0.717, 1.165) is 19.4 Å². The third-order valence-corrected chi connectivity index (χ3v) is 6.15. The Hall–Kier alpha value is -3.00. The molecule has 1 aliphatic rings. The van der Waals surface area contributed by atoms with Crippen molar-refractivity contribution in [3.8, 4) is 0 Å².